The average molecular weight is 246 g/mol. The van der Waals surface area contributed by atoms with Crippen LogP contribution in [0.5, 0.6) is 5.88 Å². The van der Waals surface area contributed by atoms with Crippen molar-refractivity contribution in [3.05, 3.63) is 22.4 Å². The molecule has 0 bridgehead atoms. The Labute approximate surface area is 105 Å². The normalized spacial score (nSPS) is 13.6. The second-order valence-corrected chi connectivity index (χ2v) is 4.34. The van der Waals surface area contributed by atoms with Gasteiger partial charge in [0.25, 0.3) is 0 Å². The minimum Gasteiger partial charge on any atom is -0.479 e. The molecule has 0 amide bonds. The molecule has 1 N–H and O–H groups in total. The minimum absolute atomic E-state index is 0.151. The van der Waals surface area contributed by atoms with Crippen LogP contribution in [0.4, 0.5) is 0 Å². The third kappa shape index (κ3) is 2.28. The van der Waals surface area contributed by atoms with Gasteiger partial charge in [-0.15, -0.1) is 0 Å². The fraction of sp³-hybridized carbons (Fsp3) is 0.462. The number of hydrogen-bond donors (Lipinski definition) is 1. The summed E-state index contributed by atoms with van der Waals surface area (Å²) >= 11 is 0. The van der Waals surface area contributed by atoms with Crippen molar-refractivity contribution in [3.8, 4) is 11.9 Å². The highest BCUT2D eigenvalue weighted by Gasteiger charge is 2.21. The smallest absolute Gasteiger partial charge is 0.341 e. The maximum Gasteiger partial charge on any atom is 0.341 e. The molecule has 0 unspecified atom stereocenters. The van der Waals surface area contributed by atoms with Crippen LogP contribution in [0, 0.1) is 18.3 Å². The number of nitriles is 1. The molecule has 1 heterocycles. The first-order valence-electron chi connectivity index (χ1n) is 5.90. The number of rotatable bonds is 3. The summed E-state index contributed by atoms with van der Waals surface area (Å²) in [6, 6.07) is 2.09. The second kappa shape index (κ2) is 5.05. The number of nitrogens with zero attached hydrogens (tertiary/aromatic N) is 2. The summed E-state index contributed by atoms with van der Waals surface area (Å²) in [4.78, 5) is 14.7. The van der Waals surface area contributed by atoms with Crippen LogP contribution in [0.3, 0.4) is 0 Å². The van der Waals surface area contributed by atoms with E-state index in [4.69, 9.17) is 9.84 Å². The zero-order valence-corrected chi connectivity index (χ0v) is 10.2. The number of aromatic nitrogens is 1. The molecule has 1 aromatic heterocycles. The second-order valence-electron chi connectivity index (χ2n) is 4.34. The topological polar surface area (TPSA) is 83.2 Å². The highest BCUT2D eigenvalue weighted by molar-refractivity contribution is 5.68. The van der Waals surface area contributed by atoms with Crippen LogP contribution in [0.15, 0.2) is 0 Å². The summed E-state index contributed by atoms with van der Waals surface area (Å²) in [5.41, 5.74) is 3.35. The predicted octanol–water partition coefficient (Wildman–Crippen LogP) is 1.60. The van der Waals surface area contributed by atoms with E-state index in [2.05, 4.69) is 11.1 Å². The first-order chi connectivity index (χ1) is 8.63. The number of pyridine rings is 1. The number of aliphatic carboxylic acids is 1. The van der Waals surface area contributed by atoms with Crippen molar-refractivity contribution in [2.24, 2.45) is 0 Å². The van der Waals surface area contributed by atoms with Crippen molar-refractivity contribution >= 4 is 5.97 Å². The average Bonchev–Trinajstić information content (AvgIpc) is 2.36. The number of hydrogen-bond acceptors (Lipinski definition) is 4. The van der Waals surface area contributed by atoms with Gasteiger partial charge in [-0.1, -0.05) is 0 Å². The number of carbonyl (C=O) groups is 1. The Morgan fingerprint density at radius 2 is 2.11 bits per heavy atom. The molecule has 0 aliphatic heterocycles. The standard InChI is InChI=1S/C13H14N2O3/c1-8-9-4-2-3-5-10(9)11(6-14)13(15-8)18-7-12(16)17/h2-5,7H2,1H3,(H,16,17). The fourth-order valence-electron chi connectivity index (χ4n) is 2.34. The SMILES string of the molecule is Cc1nc(OCC(=O)O)c(C#N)c2c1CCCC2. The van der Waals surface area contributed by atoms with E-state index in [1.807, 2.05) is 6.92 Å². The molecule has 0 saturated carbocycles. The summed E-state index contributed by atoms with van der Waals surface area (Å²) in [5.74, 6) is -0.922. The first-order valence-corrected chi connectivity index (χ1v) is 5.90. The molecule has 5 nitrogen and oxygen atoms in total. The molecule has 0 atom stereocenters. The molecular weight excluding hydrogens is 232 g/mol. The van der Waals surface area contributed by atoms with Gasteiger partial charge in [-0.2, -0.15) is 5.26 Å². The van der Waals surface area contributed by atoms with Gasteiger partial charge in [-0.25, -0.2) is 9.78 Å². The van der Waals surface area contributed by atoms with Crippen LogP contribution in [0.1, 0.15) is 35.2 Å². The molecule has 1 aromatic rings. The molecule has 5 heteroatoms. The number of carboxylic acid groups (broad SMARTS) is 1. The van der Waals surface area contributed by atoms with E-state index < -0.39 is 12.6 Å². The Hall–Kier alpha value is -2.09. The molecule has 0 fully saturated rings. The summed E-state index contributed by atoms with van der Waals surface area (Å²) in [5, 5.41) is 17.8. The van der Waals surface area contributed by atoms with Crippen LogP contribution in [-0.2, 0) is 17.6 Å². The minimum atomic E-state index is -1.07. The molecule has 2 rings (SSSR count). The zero-order valence-electron chi connectivity index (χ0n) is 10.2. The van der Waals surface area contributed by atoms with Gasteiger partial charge in [0.05, 0.1) is 0 Å². The van der Waals surface area contributed by atoms with Crippen LogP contribution in [-0.4, -0.2) is 22.7 Å². The van der Waals surface area contributed by atoms with Crippen molar-refractivity contribution < 1.29 is 14.6 Å². The summed E-state index contributed by atoms with van der Waals surface area (Å²) < 4.78 is 5.10. The quantitative estimate of drug-likeness (QED) is 0.875. The molecule has 0 aromatic carbocycles. The molecule has 18 heavy (non-hydrogen) atoms. The number of carboxylic acids is 1. The summed E-state index contributed by atoms with van der Waals surface area (Å²) in [6.07, 6.45) is 3.92. The predicted molar refractivity (Wildman–Crippen MR) is 63.5 cm³/mol. The molecule has 1 aliphatic rings. The maximum absolute atomic E-state index is 10.5. The van der Waals surface area contributed by atoms with E-state index in [0.29, 0.717) is 5.56 Å². The van der Waals surface area contributed by atoms with E-state index in [1.165, 1.54) is 0 Å². The third-order valence-corrected chi connectivity index (χ3v) is 3.13. The van der Waals surface area contributed by atoms with Gasteiger partial charge in [-0.05, 0) is 43.7 Å². The summed E-state index contributed by atoms with van der Waals surface area (Å²) in [6.45, 7) is 1.40. The lowest BCUT2D eigenvalue weighted by Crippen LogP contribution is -2.15. The molecule has 0 spiro atoms. The Kier molecular flexibility index (Phi) is 3.47. The largest absolute Gasteiger partial charge is 0.479 e. The molecule has 0 radical (unpaired) electrons. The van der Waals surface area contributed by atoms with E-state index in [0.717, 1.165) is 42.5 Å². The molecule has 94 valence electrons. The molecular formula is C13H14N2O3. The monoisotopic (exact) mass is 246 g/mol. The van der Waals surface area contributed by atoms with Crippen LogP contribution >= 0.6 is 0 Å². The van der Waals surface area contributed by atoms with Gasteiger partial charge in [-0.3, -0.25) is 0 Å². The van der Waals surface area contributed by atoms with Crippen LogP contribution in [0.25, 0.3) is 0 Å². The Morgan fingerprint density at radius 3 is 2.72 bits per heavy atom. The van der Waals surface area contributed by atoms with E-state index in [1.54, 1.807) is 0 Å². The highest BCUT2D eigenvalue weighted by Crippen LogP contribution is 2.30. The molecule has 1 aliphatic carbocycles. The van der Waals surface area contributed by atoms with Crippen LogP contribution < -0.4 is 4.74 Å². The Bertz CT molecular complexity index is 532. The van der Waals surface area contributed by atoms with Crippen molar-refractivity contribution in [1.29, 1.82) is 5.26 Å². The van der Waals surface area contributed by atoms with Gasteiger partial charge >= 0.3 is 5.97 Å². The van der Waals surface area contributed by atoms with Crippen molar-refractivity contribution in [3.63, 3.8) is 0 Å². The highest BCUT2D eigenvalue weighted by atomic mass is 16.5. The fourth-order valence-corrected chi connectivity index (χ4v) is 2.34. The number of fused-ring (bicyclic) bond motifs is 1. The third-order valence-electron chi connectivity index (χ3n) is 3.13. The van der Waals surface area contributed by atoms with E-state index in [-0.39, 0.29) is 5.88 Å². The number of aryl methyl sites for hydroxylation is 1. The van der Waals surface area contributed by atoms with Crippen LogP contribution in [0.2, 0.25) is 0 Å². The summed E-state index contributed by atoms with van der Waals surface area (Å²) in [7, 11) is 0. The van der Waals surface area contributed by atoms with Gasteiger partial charge in [0.2, 0.25) is 5.88 Å². The van der Waals surface area contributed by atoms with E-state index >= 15 is 0 Å². The van der Waals surface area contributed by atoms with E-state index in [9.17, 15) is 10.1 Å². The lowest BCUT2D eigenvalue weighted by molar-refractivity contribution is -0.139. The lowest BCUT2D eigenvalue weighted by Gasteiger charge is -2.20. The maximum atomic E-state index is 10.5. The molecule has 0 saturated heterocycles. The zero-order chi connectivity index (χ0) is 13.1. The number of ether oxygens (including phenoxy) is 1. The van der Waals surface area contributed by atoms with Gasteiger partial charge in [0, 0.05) is 5.69 Å². The van der Waals surface area contributed by atoms with Crippen molar-refractivity contribution in [2.45, 2.75) is 32.6 Å². The van der Waals surface area contributed by atoms with Gasteiger partial charge in [0.1, 0.15) is 11.6 Å². The Balaban J connectivity index is 2.44. The van der Waals surface area contributed by atoms with Crippen molar-refractivity contribution in [2.75, 3.05) is 6.61 Å². The first kappa shape index (κ1) is 12.4. The van der Waals surface area contributed by atoms with Gasteiger partial charge < -0.3 is 9.84 Å². The lowest BCUT2D eigenvalue weighted by atomic mass is 9.88. The Morgan fingerprint density at radius 1 is 1.44 bits per heavy atom. The van der Waals surface area contributed by atoms with Crippen molar-refractivity contribution in [1.82, 2.24) is 4.98 Å². The van der Waals surface area contributed by atoms with Gasteiger partial charge in [0.15, 0.2) is 6.61 Å².